The zero-order chi connectivity index (χ0) is 14.7. The third-order valence-corrected chi connectivity index (χ3v) is 3.56. The van der Waals surface area contributed by atoms with Gasteiger partial charge in [-0.15, -0.1) is 11.3 Å². The Morgan fingerprint density at radius 3 is 2.86 bits per heavy atom. The monoisotopic (exact) mass is 296 g/mol. The van der Waals surface area contributed by atoms with E-state index in [0.717, 1.165) is 11.3 Å². The summed E-state index contributed by atoms with van der Waals surface area (Å²) >= 11 is 1.36. The Bertz CT molecular complexity index is 770. The maximum Gasteiger partial charge on any atom is 0.276 e. The molecule has 0 saturated heterocycles. The molecular weight excluding hydrogens is 284 g/mol. The number of benzene rings is 1. The highest BCUT2D eigenvalue weighted by Gasteiger charge is 2.10. The molecular formula is C15H12N4OS. The molecule has 0 fully saturated rings. The largest absolute Gasteiger partial charge is 0.399 e. The van der Waals surface area contributed by atoms with Crippen LogP contribution in [0.1, 0.15) is 10.5 Å². The number of thiazole rings is 1. The van der Waals surface area contributed by atoms with E-state index in [-0.39, 0.29) is 5.91 Å². The number of pyridine rings is 1. The van der Waals surface area contributed by atoms with Gasteiger partial charge in [-0.2, -0.15) is 0 Å². The summed E-state index contributed by atoms with van der Waals surface area (Å²) in [6.07, 6.45) is 1.58. The van der Waals surface area contributed by atoms with Gasteiger partial charge in [0.25, 0.3) is 5.91 Å². The highest BCUT2D eigenvalue weighted by molar-refractivity contribution is 7.14. The number of nitrogen functional groups attached to an aromatic ring is 1. The van der Waals surface area contributed by atoms with Gasteiger partial charge in [0.15, 0.2) is 5.13 Å². The van der Waals surface area contributed by atoms with Crippen molar-refractivity contribution in [1.82, 2.24) is 9.97 Å². The van der Waals surface area contributed by atoms with Crippen molar-refractivity contribution in [3.8, 4) is 11.3 Å². The summed E-state index contributed by atoms with van der Waals surface area (Å²) in [5.41, 5.74) is 8.50. The van der Waals surface area contributed by atoms with E-state index in [0.29, 0.717) is 16.5 Å². The van der Waals surface area contributed by atoms with E-state index in [4.69, 9.17) is 5.73 Å². The number of rotatable bonds is 3. The van der Waals surface area contributed by atoms with Crippen LogP contribution in [0.4, 0.5) is 10.8 Å². The van der Waals surface area contributed by atoms with Crippen molar-refractivity contribution in [2.45, 2.75) is 0 Å². The first-order valence-corrected chi connectivity index (χ1v) is 7.14. The Morgan fingerprint density at radius 1 is 1.19 bits per heavy atom. The van der Waals surface area contributed by atoms with Gasteiger partial charge in [0.05, 0.1) is 5.69 Å². The molecule has 0 unspecified atom stereocenters. The van der Waals surface area contributed by atoms with Crippen molar-refractivity contribution >= 4 is 28.1 Å². The molecule has 2 heterocycles. The summed E-state index contributed by atoms with van der Waals surface area (Å²) in [4.78, 5) is 20.4. The first-order chi connectivity index (χ1) is 10.2. The Morgan fingerprint density at radius 2 is 2.10 bits per heavy atom. The second-order valence-electron chi connectivity index (χ2n) is 4.33. The van der Waals surface area contributed by atoms with Crippen molar-refractivity contribution in [1.29, 1.82) is 0 Å². The Kier molecular flexibility index (Phi) is 3.61. The van der Waals surface area contributed by atoms with Crippen molar-refractivity contribution in [2.24, 2.45) is 0 Å². The van der Waals surface area contributed by atoms with Gasteiger partial charge >= 0.3 is 0 Å². The third-order valence-electron chi connectivity index (χ3n) is 2.80. The average molecular weight is 296 g/mol. The van der Waals surface area contributed by atoms with E-state index < -0.39 is 0 Å². The van der Waals surface area contributed by atoms with Crippen LogP contribution >= 0.6 is 11.3 Å². The predicted octanol–water partition coefficient (Wildman–Crippen LogP) is 3.04. The summed E-state index contributed by atoms with van der Waals surface area (Å²) in [5, 5.41) is 5.15. The fraction of sp³-hybridized carbons (Fsp3) is 0. The normalized spacial score (nSPS) is 10.3. The van der Waals surface area contributed by atoms with Gasteiger partial charge in [0.1, 0.15) is 5.69 Å². The second-order valence-corrected chi connectivity index (χ2v) is 5.19. The van der Waals surface area contributed by atoms with Crippen LogP contribution in [0.5, 0.6) is 0 Å². The zero-order valence-corrected chi connectivity index (χ0v) is 11.8. The molecule has 2 aromatic heterocycles. The lowest BCUT2D eigenvalue weighted by Crippen LogP contribution is -2.13. The molecule has 0 atom stereocenters. The van der Waals surface area contributed by atoms with Crippen molar-refractivity contribution in [3.63, 3.8) is 0 Å². The molecule has 0 aliphatic heterocycles. The topological polar surface area (TPSA) is 80.9 Å². The second kappa shape index (κ2) is 5.72. The minimum atomic E-state index is -0.274. The van der Waals surface area contributed by atoms with Gasteiger partial charge in [0, 0.05) is 22.8 Å². The number of amides is 1. The van der Waals surface area contributed by atoms with Crippen LogP contribution in [0.15, 0.2) is 54.0 Å². The van der Waals surface area contributed by atoms with E-state index in [2.05, 4.69) is 15.3 Å². The quantitative estimate of drug-likeness (QED) is 0.728. The van der Waals surface area contributed by atoms with E-state index in [1.54, 1.807) is 24.4 Å². The highest BCUT2D eigenvalue weighted by atomic mass is 32.1. The van der Waals surface area contributed by atoms with E-state index in [9.17, 15) is 4.79 Å². The van der Waals surface area contributed by atoms with Gasteiger partial charge in [-0.25, -0.2) is 4.98 Å². The molecule has 3 N–H and O–H groups in total. The van der Waals surface area contributed by atoms with Gasteiger partial charge in [-0.05, 0) is 24.3 Å². The molecule has 3 rings (SSSR count). The predicted molar refractivity (Wildman–Crippen MR) is 84.2 cm³/mol. The van der Waals surface area contributed by atoms with Gasteiger partial charge in [-0.1, -0.05) is 18.2 Å². The first-order valence-electron chi connectivity index (χ1n) is 6.26. The van der Waals surface area contributed by atoms with Gasteiger partial charge in [0.2, 0.25) is 0 Å². The fourth-order valence-electron chi connectivity index (χ4n) is 1.82. The molecule has 0 saturated carbocycles. The van der Waals surface area contributed by atoms with Crippen molar-refractivity contribution in [2.75, 3.05) is 11.1 Å². The smallest absolute Gasteiger partial charge is 0.276 e. The molecule has 104 valence electrons. The van der Waals surface area contributed by atoms with Crippen molar-refractivity contribution in [3.05, 3.63) is 59.7 Å². The Labute approximate surface area is 125 Å². The zero-order valence-electron chi connectivity index (χ0n) is 11.0. The summed E-state index contributed by atoms with van der Waals surface area (Å²) in [6.45, 7) is 0. The lowest BCUT2D eigenvalue weighted by molar-refractivity contribution is 0.102. The van der Waals surface area contributed by atoms with Crippen LogP contribution in [0.3, 0.4) is 0 Å². The molecule has 0 bridgehead atoms. The van der Waals surface area contributed by atoms with Gasteiger partial charge in [-0.3, -0.25) is 15.1 Å². The lowest BCUT2D eigenvalue weighted by atomic mass is 10.1. The summed E-state index contributed by atoms with van der Waals surface area (Å²) < 4.78 is 0. The number of aromatic nitrogens is 2. The van der Waals surface area contributed by atoms with Crippen LogP contribution in [0, 0.1) is 0 Å². The number of nitrogens with one attached hydrogen (secondary N) is 1. The number of hydrogen-bond acceptors (Lipinski definition) is 5. The van der Waals surface area contributed by atoms with Crippen molar-refractivity contribution < 1.29 is 4.79 Å². The Balaban J connectivity index is 1.78. The van der Waals surface area contributed by atoms with Crippen LogP contribution in [0.2, 0.25) is 0 Å². The van der Waals surface area contributed by atoms with Gasteiger partial charge < -0.3 is 5.73 Å². The lowest BCUT2D eigenvalue weighted by Gasteiger charge is -2.00. The fourth-order valence-corrected chi connectivity index (χ4v) is 2.53. The number of nitrogens with two attached hydrogens (primary N) is 1. The number of carbonyl (C=O) groups is 1. The third kappa shape index (κ3) is 3.06. The number of carbonyl (C=O) groups excluding carboxylic acids is 1. The average Bonchev–Trinajstić information content (AvgIpc) is 2.97. The summed E-state index contributed by atoms with van der Waals surface area (Å²) in [6, 6.07) is 12.6. The molecule has 0 aliphatic carbocycles. The van der Waals surface area contributed by atoms with E-state index in [1.807, 2.05) is 29.6 Å². The van der Waals surface area contributed by atoms with Crippen LogP contribution in [0.25, 0.3) is 11.3 Å². The summed E-state index contributed by atoms with van der Waals surface area (Å²) in [5.74, 6) is -0.274. The number of nitrogens with zero attached hydrogens (tertiary/aromatic N) is 2. The summed E-state index contributed by atoms with van der Waals surface area (Å²) in [7, 11) is 0. The highest BCUT2D eigenvalue weighted by Crippen LogP contribution is 2.26. The molecule has 0 aliphatic rings. The molecule has 21 heavy (non-hydrogen) atoms. The standard InChI is InChI=1S/C15H12N4OS/c16-11-5-3-4-10(8-11)13-9-21-15(18-13)19-14(20)12-6-1-2-7-17-12/h1-9H,16H2,(H,18,19,20). The molecule has 6 heteroatoms. The maximum atomic E-state index is 12.0. The van der Waals surface area contributed by atoms with Crippen LogP contribution in [-0.4, -0.2) is 15.9 Å². The number of anilines is 2. The van der Waals surface area contributed by atoms with E-state index >= 15 is 0 Å². The minimum absolute atomic E-state index is 0.274. The molecule has 0 spiro atoms. The molecule has 0 radical (unpaired) electrons. The maximum absolute atomic E-state index is 12.0. The van der Waals surface area contributed by atoms with E-state index in [1.165, 1.54) is 11.3 Å². The molecule has 1 amide bonds. The number of hydrogen-bond donors (Lipinski definition) is 2. The van der Waals surface area contributed by atoms with Crippen LogP contribution in [-0.2, 0) is 0 Å². The minimum Gasteiger partial charge on any atom is -0.399 e. The van der Waals surface area contributed by atoms with Crippen LogP contribution < -0.4 is 11.1 Å². The molecule has 5 nitrogen and oxygen atoms in total. The molecule has 1 aromatic carbocycles. The SMILES string of the molecule is Nc1cccc(-c2csc(NC(=O)c3ccccn3)n2)c1. The first kappa shape index (κ1) is 13.3. The molecule has 3 aromatic rings. The Hall–Kier alpha value is -2.73.